The van der Waals surface area contributed by atoms with Gasteiger partial charge in [-0.15, -0.1) is 0 Å². The number of methoxy groups -OCH3 is 1. The molecule has 1 saturated heterocycles. The molecule has 0 spiro atoms. The second kappa shape index (κ2) is 3.87. The van der Waals surface area contributed by atoms with Crippen LogP contribution >= 0.6 is 0 Å². The highest BCUT2D eigenvalue weighted by molar-refractivity contribution is 5.75. The van der Waals surface area contributed by atoms with Gasteiger partial charge in [0.2, 0.25) is 0 Å². The Bertz CT molecular complexity index is 172. The summed E-state index contributed by atoms with van der Waals surface area (Å²) in [6.07, 6.45) is 0.974. The van der Waals surface area contributed by atoms with Crippen molar-refractivity contribution in [2.75, 3.05) is 20.2 Å². The highest BCUT2D eigenvalue weighted by atomic mass is 16.5. The fourth-order valence-electron chi connectivity index (χ4n) is 1.49. The minimum Gasteiger partial charge on any atom is -0.468 e. The van der Waals surface area contributed by atoms with Crippen LogP contribution in [0, 0.1) is 0 Å². The van der Waals surface area contributed by atoms with Gasteiger partial charge in [0.1, 0.15) is 6.04 Å². The van der Waals surface area contributed by atoms with Crippen LogP contribution in [0.15, 0.2) is 0 Å². The molecular formula is C8H16N2O2. The summed E-state index contributed by atoms with van der Waals surface area (Å²) in [6, 6.07) is 0.0701. The molecule has 0 aliphatic carbocycles. The molecule has 0 radical (unpaired) electrons. The number of ether oxygens (including phenoxy) is 1. The number of likely N-dealkylation sites (tertiary alicyclic amines) is 1. The minimum atomic E-state index is -0.177. The van der Waals surface area contributed by atoms with Gasteiger partial charge in [-0.25, -0.2) is 0 Å². The normalized spacial score (nSPS) is 27.1. The number of rotatable bonds is 2. The molecule has 0 bridgehead atoms. The van der Waals surface area contributed by atoms with Crippen LogP contribution in [-0.4, -0.2) is 43.2 Å². The molecule has 1 aliphatic rings. The lowest BCUT2D eigenvalue weighted by molar-refractivity contribution is -0.145. The Morgan fingerprint density at radius 2 is 2.42 bits per heavy atom. The summed E-state index contributed by atoms with van der Waals surface area (Å²) in [7, 11) is 1.41. The van der Waals surface area contributed by atoms with Gasteiger partial charge >= 0.3 is 5.97 Å². The van der Waals surface area contributed by atoms with Gasteiger partial charge in [0.25, 0.3) is 0 Å². The smallest absolute Gasteiger partial charge is 0.322 e. The minimum absolute atomic E-state index is 0.149. The van der Waals surface area contributed by atoms with E-state index in [-0.39, 0.29) is 18.1 Å². The van der Waals surface area contributed by atoms with Crippen molar-refractivity contribution in [1.82, 2.24) is 4.90 Å². The topological polar surface area (TPSA) is 55.6 Å². The van der Waals surface area contributed by atoms with Crippen LogP contribution in [-0.2, 0) is 9.53 Å². The van der Waals surface area contributed by atoms with Crippen molar-refractivity contribution in [3.05, 3.63) is 0 Å². The molecule has 4 nitrogen and oxygen atoms in total. The molecule has 1 aliphatic heterocycles. The zero-order valence-electron chi connectivity index (χ0n) is 7.62. The molecule has 4 heteroatoms. The van der Waals surface area contributed by atoms with Crippen LogP contribution in [0.2, 0.25) is 0 Å². The summed E-state index contributed by atoms with van der Waals surface area (Å²) in [4.78, 5) is 13.2. The first-order chi connectivity index (χ1) is 5.65. The van der Waals surface area contributed by atoms with Crippen molar-refractivity contribution in [2.24, 2.45) is 5.73 Å². The van der Waals surface area contributed by atoms with Gasteiger partial charge in [-0.3, -0.25) is 9.69 Å². The maximum atomic E-state index is 11.1. The predicted molar refractivity (Wildman–Crippen MR) is 45.6 cm³/mol. The SMILES string of the molecule is COC(=O)C(C)N1CC[C@@H](N)C1. The maximum Gasteiger partial charge on any atom is 0.322 e. The monoisotopic (exact) mass is 172 g/mol. The molecule has 0 saturated carbocycles. The second-order valence-electron chi connectivity index (χ2n) is 3.24. The molecule has 1 heterocycles. The molecule has 2 atom stereocenters. The maximum absolute atomic E-state index is 11.1. The lowest BCUT2D eigenvalue weighted by Crippen LogP contribution is -2.39. The molecular weight excluding hydrogens is 156 g/mol. The highest BCUT2D eigenvalue weighted by Gasteiger charge is 2.27. The van der Waals surface area contributed by atoms with Crippen molar-refractivity contribution < 1.29 is 9.53 Å². The Morgan fingerprint density at radius 1 is 1.75 bits per heavy atom. The van der Waals surface area contributed by atoms with E-state index < -0.39 is 0 Å². The lowest BCUT2D eigenvalue weighted by atomic mass is 10.3. The summed E-state index contributed by atoms with van der Waals surface area (Å²) >= 11 is 0. The van der Waals surface area contributed by atoms with Crippen LogP contribution in [0.3, 0.4) is 0 Å². The van der Waals surface area contributed by atoms with E-state index in [4.69, 9.17) is 5.73 Å². The fraction of sp³-hybridized carbons (Fsp3) is 0.875. The third-order valence-electron chi connectivity index (χ3n) is 2.35. The van der Waals surface area contributed by atoms with Gasteiger partial charge in [0, 0.05) is 19.1 Å². The number of nitrogens with two attached hydrogens (primary N) is 1. The third-order valence-corrected chi connectivity index (χ3v) is 2.35. The molecule has 1 unspecified atom stereocenters. The molecule has 0 aromatic heterocycles. The van der Waals surface area contributed by atoms with Gasteiger partial charge in [0.15, 0.2) is 0 Å². The average Bonchev–Trinajstić information content (AvgIpc) is 2.49. The molecule has 12 heavy (non-hydrogen) atoms. The van der Waals surface area contributed by atoms with E-state index in [9.17, 15) is 4.79 Å². The number of hydrogen-bond acceptors (Lipinski definition) is 4. The zero-order chi connectivity index (χ0) is 9.14. The van der Waals surface area contributed by atoms with E-state index in [1.165, 1.54) is 7.11 Å². The van der Waals surface area contributed by atoms with E-state index in [0.29, 0.717) is 0 Å². The summed E-state index contributed by atoms with van der Waals surface area (Å²) in [5.74, 6) is -0.177. The molecule has 0 aromatic carbocycles. The second-order valence-corrected chi connectivity index (χ2v) is 3.24. The van der Waals surface area contributed by atoms with Gasteiger partial charge in [-0.05, 0) is 13.3 Å². The number of esters is 1. The molecule has 2 N–H and O–H groups in total. The van der Waals surface area contributed by atoms with Gasteiger partial charge in [-0.2, -0.15) is 0 Å². The van der Waals surface area contributed by atoms with E-state index in [2.05, 4.69) is 9.64 Å². The summed E-state index contributed by atoms with van der Waals surface area (Å²) in [5.41, 5.74) is 5.71. The standard InChI is InChI=1S/C8H16N2O2/c1-6(8(11)12-2)10-4-3-7(9)5-10/h6-7H,3-5,9H2,1-2H3/t6?,7-/m1/s1. The lowest BCUT2D eigenvalue weighted by Gasteiger charge is -2.21. The molecule has 1 fully saturated rings. The molecule has 0 amide bonds. The molecule has 1 rings (SSSR count). The number of carbonyl (C=O) groups excluding carboxylic acids is 1. The quantitative estimate of drug-likeness (QED) is 0.575. The Hall–Kier alpha value is -0.610. The number of carbonyl (C=O) groups is 1. The van der Waals surface area contributed by atoms with Crippen LogP contribution in [0.4, 0.5) is 0 Å². The summed E-state index contributed by atoms with van der Waals surface area (Å²) in [6.45, 7) is 3.55. The first-order valence-electron chi connectivity index (χ1n) is 4.22. The Labute approximate surface area is 72.7 Å². The van der Waals surface area contributed by atoms with Crippen molar-refractivity contribution in [1.29, 1.82) is 0 Å². The zero-order valence-corrected chi connectivity index (χ0v) is 7.62. The molecule has 0 aromatic rings. The average molecular weight is 172 g/mol. The summed E-state index contributed by atoms with van der Waals surface area (Å²) in [5, 5.41) is 0. The number of hydrogen-bond donors (Lipinski definition) is 1. The van der Waals surface area contributed by atoms with E-state index in [1.807, 2.05) is 6.92 Å². The van der Waals surface area contributed by atoms with Crippen molar-refractivity contribution >= 4 is 5.97 Å². The van der Waals surface area contributed by atoms with Crippen LogP contribution in [0.1, 0.15) is 13.3 Å². The van der Waals surface area contributed by atoms with E-state index >= 15 is 0 Å². The number of nitrogens with zero attached hydrogens (tertiary/aromatic N) is 1. The fourth-order valence-corrected chi connectivity index (χ4v) is 1.49. The third kappa shape index (κ3) is 1.95. The van der Waals surface area contributed by atoms with Crippen LogP contribution in [0.25, 0.3) is 0 Å². The predicted octanol–water partition coefficient (Wildman–Crippen LogP) is -0.419. The summed E-state index contributed by atoms with van der Waals surface area (Å²) < 4.78 is 4.64. The van der Waals surface area contributed by atoms with Crippen molar-refractivity contribution in [3.63, 3.8) is 0 Å². The largest absolute Gasteiger partial charge is 0.468 e. The first kappa shape index (κ1) is 9.48. The van der Waals surface area contributed by atoms with Gasteiger partial charge < -0.3 is 10.5 Å². The van der Waals surface area contributed by atoms with E-state index in [0.717, 1.165) is 19.5 Å². The van der Waals surface area contributed by atoms with Gasteiger partial charge in [0.05, 0.1) is 7.11 Å². The van der Waals surface area contributed by atoms with Gasteiger partial charge in [-0.1, -0.05) is 0 Å². The Kier molecular flexibility index (Phi) is 3.05. The molecule has 70 valence electrons. The van der Waals surface area contributed by atoms with Crippen molar-refractivity contribution in [2.45, 2.75) is 25.4 Å². The Balaban J connectivity index is 2.42. The van der Waals surface area contributed by atoms with Crippen LogP contribution < -0.4 is 5.73 Å². The van der Waals surface area contributed by atoms with Crippen LogP contribution in [0.5, 0.6) is 0 Å². The highest BCUT2D eigenvalue weighted by Crippen LogP contribution is 2.11. The first-order valence-corrected chi connectivity index (χ1v) is 4.22. The van der Waals surface area contributed by atoms with E-state index in [1.54, 1.807) is 0 Å². The Morgan fingerprint density at radius 3 is 2.83 bits per heavy atom. The van der Waals surface area contributed by atoms with Crippen molar-refractivity contribution in [3.8, 4) is 0 Å².